The molecular weight excluding hydrogens is 268 g/mol. The number of benzene rings is 1. The normalized spacial score (nSPS) is 24.6. The van der Waals surface area contributed by atoms with Crippen LogP contribution in [0.5, 0.6) is 0 Å². The van der Waals surface area contributed by atoms with Gasteiger partial charge >= 0.3 is 0 Å². The Morgan fingerprint density at radius 2 is 2.19 bits per heavy atom. The summed E-state index contributed by atoms with van der Waals surface area (Å²) in [7, 11) is 0. The first-order valence-electron chi connectivity index (χ1n) is 5.11. The van der Waals surface area contributed by atoms with Gasteiger partial charge in [-0.3, -0.25) is 4.79 Å². The minimum Gasteiger partial charge on any atom is -0.307 e. The van der Waals surface area contributed by atoms with Crippen molar-refractivity contribution in [3.8, 4) is 6.07 Å². The Labute approximate surface area is 103 Å². The summed E-state index contributed by atoms with van der Waals surface area (Å²) in [5.74, 6) is -0.189. The van der Waals surface area contributed by atoms with E-state index in [1.807, 2.05) is 31.2 Å². The average Bonchev–Trinajstić information content (AvgIpc) is 2.55. The highest BCUT2D eigenvalue weighted by atomic mass is 79.9. The Bertz CT molecular complexity index is 466. The smallest absolute Gasteiger partial charge is 0.228 e. The van der Waals surface area contributed by atoms with Gasteiger partial charge in [-0.2, -0.15) is 5.26 Å². The summed E-state index contributed by atoms with van der Waals surface area (Å²) < 4.78 is 0.883. The molecule has 1 aromatic rings. The second-order valence-corrected chi connectivity index (χ2v) is 4.75. The van der Waals surface area contributed by atoms with Crippen molar-refractivity contribution in [2.45, 2.75) is 19.4 Å². The second kappa shape index (κ2) is 4.26. The summed E-state index contributed by atoms with van der Waals surface area (Å²) in [6.45, 7) is 1.91. The molecule has 0 bridgehead atoms. The number of hydrogen-bond donors (Lipinski definition) is 0. The van der Waals surface area contributed by atoms with Crippen LogP contribution in [0.15, 0.2) is 28.7 Å². The number of para-hydroxylation sites is 1. The van der Waals surface area contributed by atoms with Crippen LogP contribution in [0.1, 0.15) is 13.3 Å². The van der Waals surface area contributed by atoms with Gasteiger partial charge in [0.05, 0.1) is 23.7 Å². The summed E-state index contributed by atoms with van der Waals surface area (Å²) in [6.07, 6.45) is 0.318. The molecule has 1 saturated heterocycles. The van der Waals surface area contributed by atoms with Gasteiger partial charge in [-0.15, -0.1) is 0 Å². The van der Waals surface area contributed by atoms with Crippen molar-refractivity contribution in [1.29, 1.82) is 5.26 Å². The monoisotopic (exact) mass is 278 g/mol. The van der Waals surface area contributed by atoms with Gasteiger partial charge in [0, 0.05) is 10.9 Å². The van der Waals surface area contributed by atoms with Crippen LogP contribution in [-0.2, 0) is 4.79 Å². The van der Waals surface area contributed by atoms with Crippen LogP contribution >= 0.6 is 15.9 Å². The topological polar surface area (TPSA) is 44.1 Å². The number of rotatable bonds is 1. The van der Waals surface area contributed by atoms with E-state index >= 15 is 0 Å². The van der Waals surface area contributed by atoms with Crippen LogP contribution in [0.2, 0.25) is 0 Å². The van der Waals surface area contributed by atoms with Crippen LogP contribution in [0.4, 0.5) is 5.69 Å². The zero-order valence-corrected chi connectivity index (χ0v) is 10.4. The maximum atomic E-state index is 11.9. The number of nitrogens with zero attached hydrogens (tertiary/aromatic N) is 2. The minimum atomic E-state index is -0.209. The summed E-state index contributed by atoms with van der Waals surface area (Å²) in [4.78, 5) is 13.6. The highest BCUT2D eigenvalue weighted by molar-refractivity contribution is 9.10. The van der Waals surface area contributed by atoms with Crippen LogP contribution < -0.4 is 4.90 Å². The van der Waals surface area contributed by atoms with Gasteiger partial charge < -0.3 is 4.90 Å². The number of hydrogen-bond acceptors (Lipinski definition) is 2. The fourth-order valence-electron chi connectivity index (χ4n) is 2.02. The van der Waals surface area contributed by atoms with Gasteiger partial charge in [0.15, 0.2) is 0 Å². The standard InChI is InChI=1S/C12H11BrN2O/c1-8-9(7-14)6-12(16)15(8)11-5-3-2-4-10(11)13/h2-5,8-9H,6H2,1H3. The largest absolute Gasteiger partial charge is 0.307 e. The Morgan fingerprint density at radius 1 is 1.50 bits per heavy atom. The minimum absolute atomic E-state index is 0.0194. The number of carbonyl (C=O) groups is 1. The molecule has 2 atom stereocenters. The first kappa shape index (κ1) is 11.2. The fraction of sp³-hybridized carbons (Fsp3) is 0.333. The summed E-state index contributed by atoms with van der Waals surface area (Å²) in [5.41, 5.74) is 0.845. The van der Waals surface area contributed by atoms with Gasteiger partial charge in [-0.25, -0.2) is 0 Å². The van der Waals surface area contributed by atoms with E-state index in [9.17, 15) is 4.79 Å². The maximum Gasteiger partial charge on any atom is 0.228 e. The van der Waals surface area contributed by atoms with Gasteiger partial charge in [0.25, 0.3) is 0 Å². The number of carbonyl (C=O) groups excluding carboxylic acids is 1. The molecule has 1 aliphatic rings. The number of amides is 1. The molecule has 3 nitrogen and oxygen atoms in total. The molecule has 0 aliphatic carbocycles. The van der Waals surface area contributed by atoms with Crippen molar-refractivity contribution >= 4 is 27.5 Å². The third-order valence-electron chi connectivity index (χ3n) is 2.93. The van der Waals surface area contributed by atoms with E-state index < -0.39 is 0 Å². The molecule has 1 aliphatic heterocycles. The predicted molar refractivity (Wildman–Crippen MR) is 64.8 cm³/mol. The van der Waals surface area contributed by atoms with E-state index in [2.05, 4.69) is 22.0 Å². The fourth-order valence-corrected chi connectivity index (χ4v) is 2.49. The lowest BCUT2D eigenvalue weighted by Crippen LogP contribution is -2.32. The third kappa shape index (κ3) is 1.72. The van der Waals surface area contributed by atoms with Crippen LogP contribution in [0, 0.1) is 17.2 Å². The molecule has 82 valence electrons. The molecule has 4 heteroatoms. The van der Waals surface area contributed by atoms with Crippen LogP contribution in [-0.4, -0.2) is 11.9 Å². The SMILES string of the molecule is CC1C(C#N)CC(=O)N1c1ccccc1Br. The predicted octanol–water partition coefficient (Wildman–Crippen LogP) is 2.71. The molecule has 0 saturated carbocycles. The van der Waals surface area contributed by atoms with Crippen molar-refractivity contribution in [3.05, 3.63) is 28.7 Å². The van der Waals surface area contributed by atoms with E-state index in [1.54, 1.807) is 4.90 Å². The molecule has 2 unspecified atom stereocenters. The Hall–Kier alpha value is -1.34. The number of halogens is 1. The van der Waals surface area contributed by atoms with Crippen molar-refractivity contribution < 1.29 is 4.79 Å². The lowest BCUT2D eigenvalue weighted by atomic mass is 10.0. The van der Waals surface area contributed by atoms with E-state index in [4.69, 9.17) is 5.26 Å². The van der Waals surface area contributed by atoms with E-state index in [0.29, 0.717) is 6.42 Å². The molecule has 0 radical (unpaired) electrons. The Morgan fingerprint density at radius 3 is 2.75 bits per heavy atom. The summed E-state index contributed by atoms with van der Waals surface area (Å²) in [6, 6.07) is 9.70. The maximum absolute atomic E-state index is 11.9. The molecule has 1 aromatic carbocycles. The van der Waals surface area contributed by atoms with Crippen LogP contribution in [0.3, 0.4) is 0 Å². The summed E-state index contributed by atoms with van der Waals surface area (Å²) in [5, 5.41) is 8.95. The molecular formula is C12H11BrN2O. The molecule has 16 heavy (non-hydrogen) atoms. The Kier molecular flexibility index (Phi) is 2.97. The number of nitriles is 1. The Balaban J connectivity index is 2.39. The van der Waals surface area contributed by atoms with Gasteiger partial charge in [-0.1, -0.05) is 12.1 Å². The zero-order chi connectivity index (χ0) is 11.7. The molecule has 1 fully saturated rings. The molecule has 1 amide bonds. The highest BCUT2D eigenvalue weighted by Gasteiger charge is 2.38. The number of anilines is 1. The highest BCUT2D eigenvalue weighted by Crippen LogP contribution is 2.34. The van der Waals surface area contributed by atoms with Gasteiger partial charge in [0.2, 0.25) is 5.91 Å². The van der Waals surface area contributed by atoms with Crippen LogP contribution in [0.25, 0.3) is 0 Å². The van der Waals surface area contributed by atoms with Gasteiger partial charge in [0.1, 0.15) is 0 Å². The zero-order valence-electron chi connectivity index (χ0n) is 8.85. The van der Waals surface area contributed by atoms with Crippen molar-refractivity contribution in [3.63, 3.8) is 0 Å². The van der Waals surface area contributed by atoms with E-state index in [-0.39, 0.29) is 17.9 Å². The molecule has 0 aromatic heterocycles. The first-order chi connectivity index (χ1) is 7.65. The molecule has 0 N–H and O–H groups in total. The first-order valence-corrected chi connectivity index (χ1v) is 5.90. The summed E-state index contributed by atoms with van der Waals surface area (Å²) >= 11 is 3.43. The average molecular weight is 279 g/mol. The second-order valence-electron chi connectivity index (χ2n) is 3.90. The van der Waals surface area contributed by atoms with E-state index in [1.165, 1.54) is 0 Å². The van der Waals surface area contributed by atoms with Gasteiger partial charge in [-0.05, 0) is 35.0 Å². The third-order valence-corrected chi connectivity index (χ3v) is 3.60. The lowest BCUT2D eigenvalue weighted by Gasteiger charge is -2.23. The molecule has 0 spiro atoms. The molecule has 2 rings (SSSR count). The van der Waals surface area contributed by atoms with E-state index in [0.717, 1.165) is 10.2 Å². The van der Waals surface area contributed by atoms with Crippen molar-refractivity contribution in [2.24, 2.45) is 5.92 Å². The quantitative estimate of drug-likeness (QED) is 0.793. The molecule has 1 heterocycles. The lowest BCUT2D eigenvalue weighted by molar-refractivity contribution is -0.117. The van der Waals surface area contributed by atoms with Crippen molar-refractivity contribution in [1.82, 2.24) is 0 Å². The van der Waals surface area contributed by atoms with Crippen molar-refractivity contribution in [2.75, 3.05) is 4.90 Å².